The maximum atomic E-state index is 10.4. The van der Waals surface area contributed by atoms with E-state index in [2.05, 4.69) is 11.1 Å². The topological polar surface area (TPSA) is 63.0 Å². The molecule has 0 saturated heterocycles. The Morgan fingerprint density at radius 3 is 2.78 bits per heavy atom. The van der Waals surface area contributed by atoms with Crippen molar-refractivity contribution in [2.75, 3.05) is 0 Å². The lowest BCUT2D eigenvalue weighted by molar-refractivity contribution is 0.111. The van der Waals surface area contributed by atoms with Crippen molar-refractivity contribution >= 4 is 6.29 Å². The molecule has 0 saturated carbocycles. The van der Waals surface area contributed by atoms with Gasteiger partial charge in [-0.05, 0) is 18.2 Å². The van der Waals surface area contributed by atoms with Crippen LogP contribution in [0.3, 0.4) is 0 Å². The summed E-state index contributed by atoms with van der Waals surface area (Å²) in [7, 11) is 0. The molecule has 0 bridgehead atoms. The Labute approximate surface area is 104 Å². The molecule has 18 heavy (non-hydrogen) atoms. The average Bonchev–Trinajstić information content (AvgIpc) is 2.46. The van der Waals surface area contributed by atoms with Gasteiger partial charge in [0.2, 0.25) is 0 Å². The molecule has 0 amide bonds. The van der Waals surface area contributed by atoms with Gasteiger partial charge in [0.05, 0.1) is 17.8 Å². The number of carbonyl (C=O) groups is 1. The minimum atomic E-state index is 0.297. The van der Waals surface area contributed by atoms with Crippen molar-refractivity contribution in [3.8, 4) is 11.8 Å². The van der Waals surface area contributed by atoms with Crippen molar-refractivity contribution in [3.05, 3.63) is 59.4 Å². The Morgan fingerprint density at radius 1 is 1.28 bits per heavy atom. The van der Waals surface area contributed by atoms with Gasteiger partial charge in [-0.2, -0.15) is 5.26 Å². The van der Waals surface area contributed by atoms with E-state index >= 15 is 0 Å². The second-order valence-corrected chi connectivity index (χ2v) is 3.59. The molecule has 1 aromatic carbocycles. The second-order valence-electron chi connectivity index (χ2n) is 3.59. The molecule has 2 aromatic rings. The number of ether oxygens (including phenoxy) is 1. The van der Waals surface area contributed by atoms with Crippen LogP contribution in [0.4, 0.5) is 0 Å². The summed E-state index contributed by atoms with van der Waals surface area (Å²) >= 11 is 0. The number of rotatable bonds is 4. The van der Waals surface area contributed by atoms with Crippen molar-refractivity contribution in [2.45, 2.75) is 6.61 Å². The summed E-state index contributed by atoms with van der Waals surface area (Å²) in [6.07, 6.45) is 2.16. The van der Waals surface area contributed by atoms with Crippen LogP contribution >= 0.6 is 0 Å². The number of pyridine rings is 1. The zero-order valence-electron chi connectivity index (χ0n) is 9.54. The van der Waals surface area contributed by atoms with Gasteiger partial charge in [0.1, 0.15) is 18.1 Å². The summed E-state index contributed by atoms with van der Waals surface area (Å²) in [4.78, 5) is 14.3. The van der Waals surface area contributed by atoms with Crippen molar-refractivity contribution in [2.24, 2.45) is 0 Å². The molecular weight excluding hydrogens is 228 g/mol. The predicted octanol–water partition coefficient (Wildman–Crippen LogP) is 2.34. The van der Waals surface area contributed by atoms with E-state index in [1.165, 1.54) is 6.20 Å². The highest BCUT2D eigenvalue weighted by molar-refractivity contribution is 5.71. The molecule has 1 heterocycles. The van der Waals surface area contributed by atoms with Crippen LogP contribution in [-0.2, 0) is 6.61 Å². The fourth-order valence-corrected chi connectivity index (χ4v) is 1.46. The van der Waals surface area contributed by atoms with Crippen LogP contribution in [0.25, 0.3) is 0 Å². The smallest absolute Gasteiger partial charge is 0.168 e. The standard InChI is InChI=1S/C14H10N2O2/c15-7-11-3-1-2-4-12(11)10-18-14-6-5-13(9-17)16-8-14/h1-6,8-9H,10H2. The number of benzene rings is 1. The van der Waals surface area contributed by atoms with E-state index in [0.717, 1.165) is 5.56 Å². The van der Waals surface area contributed by atoms with E-state index in [4.69, 9.17) is 10.00 Å². The quantitative estimate of drug-likeness (QED) is 0.767. The SMILES string of the molecule is N#Cc1ccccc1COc1ccc(C=O)nc1. The van der Waals surface area contributed by atoms with Crippen LogP contribution in [0.1, 0.15) is 21.6 Å². The first kappa shape index (κ1) is 11.8. The maximum Gasteiger partial charge on any atom is 0.168 e. The van der Waals surface area contributed by atoms with E-state index in [9.17, 15) is 4.79 Å². The van der Waals surface area contributed by atoms with E-state index in [1.807, 2.05) is 18.2 Å². The average molecular weight is 238 g/mol. The van der Waals surface area contributed by atoms with Gasteiger partial charge >= 0.3 is 0 Å². The molecule has 0 aliphatic rings. The lowest BCUT2D eigenvalue weighted by Gasteiger charge is -2.06. The third-order valence-corrected chi connectivity index (χ3v) is 2.41. The fraction of sp³-hybridized carbons (Fsp3) is 0.0714. The molecule has 0 N–H and O–H groups in total. The van der Waals surface area contributed by atoms with E-state index < -0.39 is 0 Å². The number of aromatic nitrogens is 1. The monoisotopic (exact) mass is 238 g/mol. The lowest BCUT2D eigenvalue weighted by Crippen LogP contribution is -1.98. The highest BCUT2D eigenvalue weighted by Gasteiger charge is 2.02. The van der Waals surface area contributed by atoms with Crippen LogP contribution in [-0.4, -0.2) is 11.3 Å². The van der Waals surface area contributed by atoms with E-state index in [0.29, 0.717) is 29.9 Å². The van der Waals surface area contributed by atoms with Gasteiger partial charge in [0.15, 0.2) is 6.29 Å². The van der Waals surface area contributed by atoms with Crippen molar-refractivity contribution in [1.29, 1.82) is 5.26 Å². The van der Waals surface area contributed by atoms with Gasteiger partial charge in [-0.25, -0.2) is 4.98 Å². The molecule has 0 unspecified atom stereocenters. The number of nitriles is 1. The molecule has 4 heteroatoms. The largest absolute Gasteiger partial charge is 0.487 e. The molecule has 88 valence electrons. The van der Waals surface area contributed by atoms with Crippen molar-refractivity contribution in [3.63, 3.8) is 0 Å². The zero-order valence-corrected chi connectivity index (χ0v) is 9.54. The van der Waals surface area contributed by atoms with Crippen molar-refractivity contribution in [1.82, 2.24) is 4.98 Å². The van der Waals surface area contributed by atoms with Crippen LogP contribution in [0.15, 0.2) is 42.6 Å². The summed E-state index contributed by atoms with van der Waals surface area (Å²) in [5.74, 6) is 0.563. The molecule has 2 rings (SSSR count). The molecule has 0 atom stereocenters. The van der Waals surface area contributed by atoms with Gasteiger partial charge in [-0.3, -0.25) is 4.79 Å². The van der Waals surface area contributed by atoms with E-state index in [-0.39, 0.29) is 0 Å². The lowest BCUT2D eigenvalue weighted by atomic mass is 10.1. The van der Waals surface area contributed by atoms with Gasteiger partial charge in [0, 0.05) is 5.56 Å². The number of hydrogen-bond acceptors (Lipinski definition) is 4. The first-order chi connectivity index (χ1) is 8.83. The fourth-order valence-electron chi connectivity index (χ4n) is 1.46. The molecular formula is C14H10N2O2. The Bertz CT molecular complexity index is 585. The molecule has 1 aromatic heterocycles. The Balaban J connectivity index is 2.07. The first-order valence-electron chi connectivity index (χ1n) is 5.35. The van der Waals surface area contributed by atoms with Crippen LogP contribution < -0.4 is 4.74 Å². The number of hydrogen-bond donors (Lipinski definition) is 0. The highest BCUT2D eigenvalue weighted by Crippen LogP contribution is 2.13. The number of nitrogens with zero attached hydrogens (tertiary/aromatic N) is 2. The summed E-state index contributed by atoms with van der Waals surface area (Å²) < 4.78 is 5.50. The summed E-state index contributed by atoms with van der Waals surface area (Å²) in [5, 5.41) is 8.93. The molecule has 0 radical (unpaired) electrons. The molecule has 4 nitrogen and oxygen atoms in total. The number of aldehydes is 1. The van der Waals surface area contributed by atoms with Crippen LogP contribution in [0, 0.1) is 11.3 Å². The first-order valence-corrected chi connectivity index (χ1v) is 5.35. The van der Waals surface area contributed by atoms with Gasteiger partial charge in [-0.15, -0.1) is 0 Å². The molecule has 0 fully saturated rings. The summed E-state index contributed by atoms with van der Waals surface area (Å²) in [6, 6.07) is 12.6. The van der Waals surface area contributed by atoms with Crippen molar-refractivity contribution < 1.29 is 9.53 Å². The predicted molar refractivity (Wildman–Crippen MR) is 65.1 cm³/mol. The Hall–Kier alpha value is -2.67. The van der Waals surface area contributed by atoms with Crippen LogP contribution in [0.2, 0.25) is 0 Å². The minimum absolute atomic E-state index is 0.297. The van der Waals surface area contributed by atoms with Crippen LogP contribution in [0.5, 0.6) is 5.75 Å². The minimum Gasteiger partial charge on any atom is -0.487 e. The highest BCUT2D eigenvalue weighted by atomic mass is 16.5. The normalized spacial score (nSPS) is 9.50. The molecule has 0 aliphatic heterocycles. The third kappa shape index (κ3) is 2.71. The second kappa shape index (κ2) is 5.60. The van der Waals surface area contributed by atoms with E-state index in [1.54, 1.807) is 18.2 Å². The van der Waals surface area contributed by atoms with Gasteiger partial charge < -0.3 is 4.74 Å². The van der Waals surface area contributed by atoms with Gasteiger partial charge in [-0.1, -0.05) is 18.2 Å². The zero-order chi connectivity index (χ0) is 12.8. The number of carbonyl (C=O) groups excluding carboxylic acids is 1. The summed E-state index contributed by atoms with van der Waals surface area (Å²) in [5.41, 5.74) is 1.77. The Morgan fingerprint density at radius 2 is 2.11 bits per heavy atom. The third-order valence-electron chi connectivity index (χ3n) is 2.41. The summed E-state index contributed by atoms with van der Waals surface area (Å²) in [6.45, 7) is 0.297. The molecule has 0 spiro atoms. The van der Waals surface area contributed by atoms with Gasteiger partial charge in [0.25, 0.3) is 0 Å². The molecule has 0 aliphatic carbocycles. The maximum absolute atomic E-state index is 10.4. The Kier molecular flexibility index (Phi) is 3.67.